The minimum absolute atomic E-state index is 0.0183. The number of ether oxygens (including phenoxy) is 1. The number of carboxylic acids is 1. The first kappa shape index (κ1) is 15.2. The van der Waals surface area contributed by atoms with Crippen LogP contribution in [0.4, 0.5) is 5.69 Å². The van der Waals surface area contributed by atoms with E-state index in [1.165, 1.54) is 12.1 Å². The molecule has 0 heterocycles. The first-order chi connectivity index (χ1) is 9.99. The number of benzene rings is 2. The Morgan fingerprint density at radius 1 is 1.24 bits per heavy atom. The minimum atomic E-state index is -1.39. The zero-order valence-corrected chi connectivity index (χ0v) is 12.8. The molecule has 0 atom stereocenters. The molecule has 0 aliphatic heterocycles. The second-order valence-corrected chi connectivity index (χ2v) is 5.37. The maximum Gasteiger partial charge on any atom is 0.346 e. The van der Waals surface area contributed by atoms with E-state index in [2.05, 4.69) is 22.6 Å². The van der Waals surface area contributed by atoms with Gasteiger partial charge in [-0.25, -0.2) is 4.79 Å². The zero-order chi connectivity index (χ0) is 15.4. The highest BCUT2D eigenvalue weighted by Gasteiger charge is 2.24. The van der Waals surface area contributed by atoms with Crippen molar-refractivity contribution in [1.29, 1.82) is 0 Å². The van der Waals surface area contributed by atoms with E-state index in [0.717, 1.165) is 15.2 Å². The topological polar surface area (TPSA) is 89.7 Å². The van der Waals surface area contributed by atoms with E-state index >= 15 is 0 Å². The van der Waals surface area contributed by atoms with Gasteiger partial charge in [-0.05, 0) is 46.4 Å². The van der Waals surface area contributed by atoms with Gasteiger partial charge >= 0.3 is 5.97 Å². The van der Waals surface area contributed by atoms with Crippen molar-refractivity contribution in [1.82, 2.24) is 0 Å². The molecule has 7 heteroatoms. The fraction of sp³-hybridized carbons (Fsp3) is 0.0714. The van der Waals surface area contributed by atoms with Crippen molar-refractivity contribution in [2.45, 2.75) is 6.61 Å². The molecular weight excluding hydrogens is 389 g/mol. The van der Waals surface area contributed by atoms with Gasteiger partial charge in [-0.15, -0.1) is 0 Å². The van der Waals surface area contributed by atoms with E-state index < -0.39 is 22.1 Å². The third-order valence-electron chi connectivity index (χ3n) is 2.72. The Kier molecular flexibility index (Phi) is 4.73. The van der Waals surface area contributed by atoms with Crippen LogP contribution in [-0.2, 0) is 6.61 Å². The molecule has 2 aromatic rings. The smallest absolute Gasteiger partial charge is 0.346 e. The predicted molar refractivity (Wildman–Crippen MR) is 83.5 cm³/mol. The lowest BCUT2D eigenvalue weighted by molar-refractivity contribution is -0.385. The summed E-state index contributed by atoms with van der Waals surface area (Å²) in [5.41, 5.74) is -0.0751. The molecule has 21 heavy (non-hydrogen) atoms. The number of hydrogen-bond acceptors (Lipinski definition) is 4. The number of halogens is 1. The van der Waals surface area contributed by atoms with Crippen molar-refractivity contribution in [3.8, 4) is 5.75 Å². The maximum absolute atomic E-state index is 11.2. The molecule has 2 rings (SSSR count). The molecule has 0 amide bonds. The molecule has 0 fully saturated rings. The van der Waals surface area contributed by atoms with Crippen LogP contribution in [-0.4, -0.2) is 16.0 Å². The second kappa shape index (κ2) is 6.53. The van der Waals surface area contributed by atoms with E-state index in [9.17, 15) is 14.9 Å². The first-order valence-electron chi connectivity index (χ1n) is 5.87. The predicted octanol–water partition coefficient (Wildman–Crippen LogP) is 3.48. The summed E-state index contributed by atoms with van der Waals surface area (Å²) in [5, 5.41) is 20.0. The van der Waals surface area contributed by atoms with E-state index in [-0.39, 0.29) is 12.4 Å². The van der Waals surface area contributed by atoms with Gasteiger partial charge in [-0.2, -0.15) is 0 Å². The Hall–Kier alpha value is -2.16. The van der Waals surface area contributed by atoms with Gasteiger partial charge in [0.15, 0.2) is 5.56 Å². The molecule has 108 valence electrons. The van der Waals surface area contributed by atoms with Crippen molar-refractivity contribution in [2.24, 2.45) is 0 Å². The summed E-state index contributed by atoms with van der Waals surface area (Å²) in [4.78, 5) is 21.4. The Morgan fingerprint density at radius 2 is 1.90 bits per heavy atom. The molecule has 0 saturated carbocycles. The number of aromatic carboxylic acids is 1. The fourth-order valence-electron chi connectivity index (χ4n) is 1.75. The van der Waals surface area contributed by atoms with Crippen molar-refractivity contribution in [3.63, 3.8) is 0 Å². The summed E-state index contributed by atoms with van der Waals surface area (Å²) in [6.07, 6.45) is 0. The molecule has 0 aromatic heterocycles. The fourth-order valence-corrected chi connectivity index (χ4v) is 2.11. The third kappa shape index (κ3) is 3.69. The van der Waals surface area contributed by atoms with Gasteiger partial charge in [0.25, 0.3) is 5.69 Å². The molecule has 2 aromatic carbocycles. The van der Waals surface area contributed by atoms with E-state index in [1.54, 1.807) is 0 Å². The number of rotatable bonds is 5. The summed E-state index contributed by atoms with van der Waals surface area (Å²) in [7, 11) is 0. The molecule has 0 saturated heterocycles. The van der Waals surface area contributed by atoms with Crippen LogP contribution in [0, 0.1) is 13.7 Å². The van der Waals surface area contributed by atoms with Crippen LogP contribution in [0.2, 0.25) is 0 Å². The SMILES string of the molecule is O=C(O)c1c(OCc2ccc(I)cc2)cccc1[N+](=O)[O-]. The summed E-state index contributed by atoms with van der Waals surface area (Å²) < 4.78 is 6.49. The van der Waals surface area contributed by atoms with Crippen LogP contribution >= 0.6 is 22.6 Å². The van der Waals surface area contributed by atoms with Crippen LogP contribution in [0.15, 0.2) is 42.5 Å². The van der Waals surface area contributed by atoms with E-state index in [0.29, 0.717) is 0 Å². The van der Waals surface area contributed by atoms with Gasteiger partial charge in [0.2, 0.25) is 0 Å². The Morgan fingerprint density at radius 3 is 2.48 bits per heavy atom. The van der Waals surface area contributed by atoms with E-state index in [4.69, 9.17) is 9.84 Å². The zero-order valence-electron chi connectivity index (χ0n) is 10.7. The Labute approximate surface area is 133 Å². The van der Waals surface area contributed by atoms with Crippen LogP contribution in [0.1, 0.15) is 15.9 Å². The van der Waals surface area contributed by atoms with Gasteiger partial charge in [0.1, 0.15) is 12.4 Å². The normalized spacial score (nSPS) is 10.1. The summed E-state index contributed by atoms with van der Waals surface area (Å²) in [6, 6.07) is 11.4. The summed E-state index contributed by atoms with van der Waals surface area (Å²) >= 11 is 2.17. The molecule has 0 aliphatic rings. The van der Waals surface area contributed by atoms with Crippen LogP contribution in [0.3, 0.4) is 0 Å². The van der Waals surface area contributed by atoms with Crippen molar-refractivity contribution in [3.05, 3.63) is 67.3 Å². The number of nitrogens with zero attached hydrogens (tertiary/aromatic N) is 1. The quantitative estimate of drug-likeness (QED) is 0.473. The average molecular weight is 399 g/mol. The van der Waals surface area contributed by atoms with Crippen molar-refractivity contribution < 1.29 is 19.6 Å². The van der Waals surface area contributed by atoms with Gasteiger partial charge < -0.3 is 9.84 Å². The van der Waals surface area contributed by atoms with Crippen molar-refractivity contribution in [2.75, 3.05) is 0 Å². The highest BCUT2D eigenvalue weighted by molar-refractivity contribution is 14.1. The average Bonchev–Trinajstić information content (AvgIpc) is 2.46. The number of carboxylic acid groups (broad SMARTS) is 1. The standard InChI is InChI=1S/C14H10INO5/c15-10-6-4-9(5-7-10)8-21-12-3-1-2-11(16(19)20)13(12)14(17)18/h1-7H,8H2,(H,17,18). The highest BCUT2D eigenvalue weighted by atomic mass is 127. The summed E-state index contributed by atoms with van der Waals surface area (Å²) in [6.45, 7) is 0.137. The number of hydrogen-bond donors (Lipinski definition) is 1. The number of nitro benzene ring substituents is 1. The molecular formula is C14H10INO5. The lowest BCUT2D eigenvalue weighted by atomic mass is 10.1. The molecule has 0 aliphatic carbocycles. The van der Waals surface area contributed by atoms with Crippen LogP contribution in [0.25, 0.3) is 0 Å². The van der Waals surface area contributed by atoms with E-state index in [1.807, 2.05) is 24.3 Å². The number of nitro groups is 1. The monoisotopic (exact) mass is 399 g/mol. The minimum Gasteiger partial charge on any atom is -0.488 e. The Bertz CT molecular complexity index is 684. The van der Waals surface area contributed by atoms with Crippen LogP contribution in [0.5, 0.6) is 5.75 Å². The van der Waals surface area contributed by atoms with Crippen molar-refractivity contribution >= 4 is 34.2 Å². The van der Waals surface area contributed by atoms with Gasteiger partial charge in [0, 0.05) is 9.64 Å². The number of carbonyl (C=O) groups is 1. The first-order valence-corrected chi connectivity index (χ1v) is 6.95. The van der Waals surface area contributed by atoms with Gasteiger partial charge in [-0.3, -0.25) is 10.1 Å². The molecule has 0 spiro atoms. The molecule has 6 nitrogen and oxygen atoms in total. The summed E-state index contributed by atoms with van der Waals surface area (Å²) in [5.74, 6) is -1.41. The maximum atomic E-state index is 11.2. The Balaban J connectivity index is 2.27. The molecule has 0 radical (unpaired) electrons. The molecule has 0 unspecified atom stereocenters. The highest BCUT2D eigenvalue weighted by Crippen LogP contribution is 2.28. The van der Waals surface area contributed by atoms with Gasteiger partial charge in [0.05, 0.1) is 4.92 Å². The molecule has 1 N–H and O–H groups in total. The molecule has 0 bridgehead atoms. The van der Waals surface area contributed by atoms with Gasteiger partial charge in [-0.1, -0.05) is 18.2 Å². The second-order valence-electron chi connectivity index (χ2n) is 4.13. The van der Waals surface area contributed by atoms with Crippen LogP contribution < -0.4 is 4.74 Å². The lowest BCUT2D eigenvalue weighted by Gasteiger charge is -2.09. The lowest BCUT2D eigenvalue weighted by Crippen LogP contribution is -2.07. The largest absolute Gasteiger partial charge is 0.488 e. The third-order valence-corrected chi connectivity index (χ3v) is 3.44.